The second kappa shape index (κ2) is 7.11. The van der Waals surface area contributed by atoms with Crippen molar-refractivity contribution >= 4 is 23.2 Å². The van der Waals surface area contributed by atoms with E-state index in [4.69, 9.17) is 23.2 Å². The molecule has 0 bridgehead atoms. The van der Waals surface area contributed by atoms with Gasteiger partial charge in [-0.25, -0.2) is 0 Å². The quantitative estimate of drug-likeness (QED) is 0.873. The van der Waals surface area contributed by atoms with Gasteiger partial charge in [0.05, 0.1) is 6.20 Å². The number of aromatic nitrogens is 2. The topological polar surface area (TPSA) is 29.9 Å². The first-order chi connectivity index (χ1) is 9.60. The number of hydrogen-bond donors (Lipinski definition) is 1. The number of nitrogens with zero attached hydrogens (tertiary/aromatic N) is 2. The zero-order valence-corrected chi connectivity index (χ0v) is 13.2. The zero-order valence-electron chi connectivity index (χ0n) is 11.7. The summed E-state index contributed by atoms with van der Waals surface area (Å²) >= 11 is 12.3. The summed E-state index contributed by atoms with van der Waals surface area (Å²) in [6, 6.07) is 5.78. The first-order valence-corrected chi connectivity index (χ1v) is 7.51. The Bertz CT molecular complexity index is 566. The van der Waals surface area contributed by atoms with Crippen molar-refractivity contribution in [2.75, 3.05) is 6.54 Å². The minimum absolute atomic E-state index is 0.194. The number of aryl methyl sites for hydroxylation is 1. The van der Waals surface area contributed by atoms with Crippen LogP contribution in [0.5, 0.6) is 0 Å². The van der Waals surface area contributed by atoms with Crippen LogP contribution in [0, 0.1) is 0 Å². The summed E-state index contributed by atoms with van der Waals surface area (Å²) in [5.74, 6) is 0. The molecule has 1 aromatic heterocycles. The van der Waals surface area contributed by atoms with Gasteiger partial charge in [-0.3, -0.25) is 4.68 Å². The lowest BCUT2D eigenvalue weighted by molar-refractivity contribution is 0.529. The molecule has 0 fully saturated rings. The normalized spacial score (nSPS) is 12.6. The van der Waals surface area contributed by atoms with Crippen molar-refractivity contribution in [1.82, 2.24) is 15.1 Å². The summed E-state index contributed by atoms with van der Waals surface area (Å²) < 4.78 is 1.82. The minimum Gasteiger partial charge on any atom is -0.310 e. The van der Waals surface area contributed by atoms with Crippen LogP contribution < -0.4 is 5.32 Å². The average molecular weight is 312 g/mol. The number of benzene rings is 1. The highest BCUT2D eigenvalue weighted by Gasteiger charge is 2.15. The van der Waals surface area contributed by atoms with Gasteiger partial charge in [-0.05, 0) is 43.1 Å². The van der Waals surface area contributed by atoms with Crippen molar-refractivity contribution in [3.05, 3.63) is 51.8 Å². The molecule has 3 nitrogen and oxygen atoms in total. The molecule has 2 rings (SSSR count). The summed E-state index contributed by atoms with van der Waals surface area (Å²) in [4.78, 5) is 0. The molecule has 5 heteroatoms. The SMILES string of the molecule is CCCNC(Cc1cc(Cl)ccc1Cl)c1cnn(C)c1. The summed E-state index contributed by atoms with van der Waals surface area (Å²) in [7, 11) is 1.92. The van der Waals surface area contributed by atoms with Gasteiger partial charge >= 0.3 is 0 Å². The number of hydrogen-bond acceptors (Lipinski definition) is 2. The van der Waals surface area contributed by atoms with Gasteiger partial charge in [0.1, 0.15) is 0 Å². The molecule has 0 saturated carbocycles. The van der Waals surface area contributed by atoms with E-state index in [1.165, 1.54) is 0 Å². The van der Waals surface area contributed by atoms with Crippen LogP contribution in [0.15, 0.2) is 30.6 Å². The fourth-order valence-corrected chi connectivity index (χ4v) is 2.56. The Morgan fingerprint density at radius 3 is 2.80 bits per heavy atom. The summed E-state index contributed by atoms with van der Waals surface area (Å²) in [5.41, 5.74) is 2.22. The molecule has 0 aliphatic rings. The molecule has 20 heavy (non-hydrogen) atoms. The molecule has 0 saturated heterocycles. The first-order valence-electron chi connectivity index (χ1n) is 6.76. The molecule has 0 aliphatic heterocycles. The fraction of sp³-hybridized carbons (Fsp3) is 0.400. The largest absolute Gasteiger partial charge is 0.310 e. The standard InChI is InChI=1S/C15H19Cl2N3/c1-3-6-18-15(12-9-19-20(2)10-12)8-11-7-13(16)4-5-14(11)17/h4-5,7,9-10,15,18H,3,6,8H2,1-2H3. The van der Waals surface area contributed by atoms with Crippen molar-refractivity contribution in [3.63, 3.8) is 0 Å². The van der Waals surface area contributed by atoms with E-state index in [1.54, 1.807) is 0 Å². The van der Waals surface area contributed by atoms with Crippen LogP contribution >= 0.6 is 23.2 Å². The lowest BCUT2D eigenvalue weighted by Crippen LogP contribution is -2.24. The second-order valence-electron chi connectivity index (χ2n) is 4.89. The first kappa shape index (κ1) is 15.4. The van der Waals surface area contributed by atoms with Gasteiger partial charge in [-0.15, -0.1) is 0 Å². The van der Waals surface area contributed by atoms with E-state index in [0.717, 1.165) is 35.5 Å². The molecular formula is C15H19Cl2N3. The van der Waals surface area contributed by atoms with Gasteiger partial charge < -0.3 is 5.32 Å². The highest BCUT2D eigenvalue weighted by Crippen LogP contribution is 2.26. The third-order valence-corrected chi connectivity index (χ3v) is 3.80. The van der Waals surface area contributed by atoms with Crippen molar-refractivity contribution in [3.8, 4) is 0 Å². The number of halogens is 2. The van der Waals surface area contributed by atoms with Crippen molar-refractivity contribution in [1.29, 1.82) is 0 Å². The van der Waals surface area contributed by atoms with E-state index >= 15 is 0 Å². The van der Waals surface area contributed by atoms with Crippen LogP contribution in [0.3, 0.4) is 0 Å². The zero-order chi connectivity index (χ0) is 14.5. The van der Waals surface area contributed by atoms with Gasteiger partial charge in [0.15, 0.2) is 0 Å². The Balaban J connectivity index is 2.21. The van der Waals surface area contributed by atoms with Crippen LogP contribution in [0.1, 0.15) is 30.5 Å². The maximum absolute atomic E-state index is 6.26. The third kappa shape index (κ3) is 3.98. The molecule has 1 heterocycles. The molecule has 0 aliphatic carbocycles. The lowest BCUT2D eigenvalue weighted by Gasteiger charge is -2.18. The van der Waals surface area contributed by atoms with Gasteiger partial charge in [0.25, 0.3) is 0 Å². The summed E-state index contributed by atoms with van der Waals surface area (Å²) in [6.07, 6.45) is 5.81. The Hall–Kier alpha value is -1.03. The molecular weight excluding hydrogens is 293 g/mol. The average Bonchev–Trinajstić information content (AvgIpc) is 2.85. The molecule has 1 unspecified atom stereocenters. The predicted molar refractivity (Wildman–Crippen MR) is 84.4 cm³/mol. The van der Waals surface area contributed by atoms with Gasteiger partial charge in [-0.2, -0.15) is 5.10 Å². The third-order valence-electron chi connectivity index (χ3n) is 3.20. The molecule has 1 N–H and O–H groups in total. The number of nitrogens with one attached hydrogen (secondary N) is 1. The monoisotopic (exact) mass is 311 g/mol. The van der Waals surface area contributed by atoms with Gasteiger partial charge in [0, 0.05) is 34.9 Å². The smallest absolute Gasteiger partial charge is 0.0537 e. The fourth-order valence-electron chi connectivity index (χ4n) is 2.17. The van der Waals surface area contributed by atoms with E-state index in [1.807, 2.05) is 42.3 Å². The Labute approximate surface area is 129 Å². The summed E-state index contributed by atoms with van der Waals surface area (Å²) in [5, 5.41) is 9.25. The molecule has 108 valence electrons. The van der Waals surface area contributed by atoms with Crippen LogP contribution in [0.2, 0.25) is 10.0 Å². The van der Waals surface area contributed by atoms with Gasteiger partial charge in [0.2, 0.25) is 0 Å². The maximum Gasteiger partial charge on any atom is 0.0537 e. The van der Waals surface area contributed by atoms with Crippen molar-refractivity contribution < 1.29 is 0 Å². The predicted octanol–water partition coefficient (Wildman–Crippen LogP) is 4.01. The molecule has 0 spiro atoms. The van der Waals surface area contributed by atoms with Crippen molar-refractivity contribution in [2.45, 2.75) is 25.8 Å². The minimum atomic E-state index is 0.194. The van der Waals surface area contributed by atoms with Crippen molar-refractivity contribution in [2.24, 2.45) is 7.05 Å². The second-order valence-corrected chi connectivity index (χ2v) is 5.74. The van der Waals surface area contributed by atoms with Crippen LogP contribution in [-0.2, 0) is 13.5 Å². The molecule has 2 aromatic rings. The number of rotatable bonds is 6. The van der Waals surface area contributed by atoms with E-state index < -0.39 is 0 Å². The Morgan fingerprint density at radius 2 is 2.15 bits per heavy atom. The Kier molecular flexibility index (Phi) is 5.46. The lowest BCUT2D eigenvalue weighted by atomic mass is 10.0. The highest BCUT2D eigenvalue weighted by molar-refractivity contribution is 6.33. The molecule has 0 amide bonds. The molecule has 1 atom stereocenters. The maximum atomic E-state index is 6.26. The van der Waals surface area contributed by atoms with E-state index in [-0.39, 0.29) is 6.04 Å². The van der Waals surface area contributed by atoms with Crippen LogP contribution in [0.25, 0.3) is 0 Å². The highest BCUT2D eigenvalue weighted by atomic mass is 35.5. The van der Waals surface area contributed by atoms with E-state index in [2.05, 4.69) is 17.3 Å². The van der Waals surface area contributed by atoms with Crippen LogP contribution in [-0.4, -0.2) is 16.3 Å². The molecule has 1 aromatic carbocycles. The van der Waals surface area contributed by atoms with Gasteiger partial charge in [-0.1, -0.05) is 30.1 Å². The van der Waals surface area contributed by atoms with Crippen LogP contribution in [0.4, 0.5) is 0 Å². The molecule has 0 radical (unpaired) electrons. The Morgan fingerprint density at radius 1 is 1.35 bits per heavy atom. The van der Waals surface area contributed by atoms with E-state index in [9.17, 15) is 0 Å². The van der Waals surface area contributed by atoms with E-state index in [0.29, 0.717) is 5.02 Å². The summed E-state index contributed by atoms with van der Waals surface area (Å²) in [6.45, 7) is 3.11.